The first-order valence-corrected chi connectivity index (χ1v) is 6.67. The Morgan fingerprint density at radius 1 is 1.29 bits per heavy atom. The first-order valence-electron chi connectivity index (χ1n) is 5.76. The summed E-state index contributed by atoms with van der Waals surface area (Å²) in [5.74, 6) is 0.571. The average Bonchev–Trinajstić information content (AvgIpc) is 2.32. The van der Waals surface area contributed by atoms with E-state index < -0.39 is 0 Å². The molecule has 0 aliphatic rings. The molecule has 0 aliphatic heterocycles. The molecule has 1 N–H and O–H groups in total. The van der Waals surface area contributed by atoms with Gasteiger partial charge in [-0.05, 0) is 31.4 Å². The van der Waals surface area contributed by atoms with E-state index in [1.165, 1.54) is 0 Å². The molecule has 0 bridgehead atoms. The van der Waals surface area contributed by atoms with Crippen LogP contribution in [-0.2, 0) is 0 Å². The van der Waals surface area contributed by atoms with Crippen molar-refractivity contribution in [1.82, 2.24) is 5.32 Å². The summed E-state index contributed by atoms with van der Waals surface area (Å²) in [7, 11) is 0. The molecule has 4 heteroatoms. The Kier molecular flexibility index (Phi) is 6.38. The van der Waals surface area contributed by atoms with Gasteiger partial charge in [0.2, 0.25) is 0 Å². The van der Waals surface area contributed by atoms with Gasteiger partial charge in [0.25, 0.3) is 5.91 Å². The molecule has 0 heterocycles. The molecule has 0 aromatic heterocycles. The van der Waals surface area contributed by atoms with Crippen molar-refractivity contribution in [1.29, 1.82) is 0 Å². The first kappa shape index (κ1) is 14.3. The lowest BCUT2D eigenvalue weighted by Crippen LogP contribution is -2.24. The van der Waals surface area contributed by atoms with Crippen LogP contribution in [-0.4, -0.2) is 18.3 Å². The molecule has 94 valence electrons. The number of hydrogen-bond donors (Lipinski definition) is 1. The molecular formula is C13H17Cl2NO. The second kappa shape index (κ2) is 7.57. The van der Waals surface area contributed by atoms with E-state index in [-0.39, 0.29) is 5.91 Å². The zero-order valence-corrected chi connectivity index (χ0v) is 11.4. The minimum atomic E-state index is -0.107. The van der Waals surface area contributed by atoms with Gasteiger partial charge in [0.05, 0.1) is 10.6 Å². The summed E-state index contributed by atoms with van der Waals surface area (Å²) in [6.07, 6.45) is 2.97. The van der Waals surface area contributed by atoms with Crippen LogP contribution >= 0.6 is 23.2 Å². The van der Waals surface area contributed by atoms with E-state index in [1.54, 1.807) is 6.07 Å². The van der Waals surface area contributed by atoms with Crippen LogP contribution in [0.4, 0.5) is 0 Å². The number of aryl methyl sites for hydroxylation is 1. The highest BCUT2D eigenvalue weighted by molar-refractivity contribution is 6.34. The van der Waals surface area contributed by atoms with E-state index in [2.05, 4.69) is 5.32 Å². The monoisotopic (exact) mass is 273 g/mol. The van der Waals surface area contributed by atoms with E-state index in [4.69, 9.17) is 23.2 Å². The standard InChI is InChI=1S/C13H17Cl2NO/c1-10-6-5-7-11(12(10)15)13(17)16-9-4-2-3-8-14/h5-7H,2-4,8-9H2,1H3,(H,16,17). The van der Waals surface area contributed by atoms with Crippen molar-refractivity contribution in [2.24, 2.45) is 0 Å². The van der Waals surface area contributed by atoms with Crippen molar-refractivity contribution < 1.29 is 4.79 Å². The van der Waals surface area contributed by atoms with Gasteiger partial charge in [0.1, 0.15) is 0 Å². The fourth-order valence-corrected chi connectivity index (χ4v) is 1.92. The number of benzene rings is 1. The van der Waals surface area contributed by atoms with Crippen LogP contribution in [0.25, 0.3) is 0 Å². The van der Waals surface area contributed by atoms with Crippen LogP contribution < -0.4 is 5.32 Å². The van der Waals surface area contributed by atoms with Crippen LogP contribution in [0.15, 0.2) is 18.2 Å². The molecule has 0 atom stereocenters. The van der Waals surface area contributed by atoms with Crippen molar-refractivity contribution in [3.05, 3.63) is 34.3 Å². The molecular weight excluding hydrogens is 257 g/mol. The zero-order valence-electron chi connectivity index (χ0n) is 9.93. The summed E-state index contributed by atoms with van der Waals surface area (Å²) in [6.45, 7) is 2.56. The van der Waals surface area contributed by atoms with Crippen molar-refractivity contribution in [2.45, 2.75) is 26.2 Å². The van der Waals surface area contributed by atoms with Gasteiger partial charge in [-0.2, -0.15) is 0 Å². The Morgan fingerprint density at radius 2 is 2.06 bits per heavy atom. The molecule has 17 heavy (non-hydrogen) atoms. The third-order valence-corrected chi connectivity index (χ3v) is 3.30. The van der Waals surface area contributed by atoms with Crippen molar-refractivity contribution in [2.75, 3.05) is 12.4 Å². The number of alkyl halides is 1. The quantitative estimate of drug-likeness (QED) is 0.620. The number of carbonyl (C=O) groups excluding carboxylic acids is 1. The van der Waals surface area contributed by atoms with Crippen LogP contribution in [0.1, 0.15) is 35.2 Å². The van der Waals surface area contributed by atoms with Crippen LogP contribution in [0.3, 0.4) is 0 Å². The summed E-state index contributed by atoms with van der Waals surface area (Å²) < 4.78 is 0. The maximum atomic E-state index is 11.8. The summed E-state index contributed by atoms with van der Waals surface area (Å²) in [6, 6.07) is 5.46. The van der Waals surface area contributed by atoms with Crippen molar-refractivity contribution in [3.63, 3.8) is 0 Å². The topological polar surface area (TPSA) is 29.1 Å². The lowest BCUT2D eigenvalue weighted by molar-refractivity contribution is 0.0953. The minimum absolute atomic E-state index is 0.107. The van der Waals surface area contributed by atoms with Crippen LogP contribution in [0, 0.1) is 6.92 Å². The third-order valence-electron chi connectivity index (χ3n) is 2.53. The van der Waals surface area contributed by atoms with Gasteiger partial charge in [-0.25, -0.2) is 0 Å². The largest absolute Gasteiger partial charge is 0.352 e. The molecule has 0 saturated carbocycles. The number of nitrogens with one attached hydrogen (secondary N) is 1. The molecule has 0 saturated heterocycles. The molecule has 0 unspecified atom stereocenters. The number of rotatable bonds is 6. The van der Waals surface area contributed by atoms with E-state index in [0.717, 1.165) is 24.8 Å². The average molecular weight is 274 g/mol. The summed E-state index contributed by atoms with van der Waals surface area (Å²) in [5.41, 5.74) is 1.46. The Hall–Kier alpha value is -0.730. The van der Waals surface area contributed by atoms with Crippen LogP contribution in [0.2, 0.25) is 5.02 Å². The molecule has 1 aromatic carbocycles. The molecule has 0 aliphatic carbocycles. The number of hydrogen-bond acceptors (Lipinski definition) is 1. The smallest absolute Gasteiger partial charge is 0.252 e. The normalized spacial score (nSPS) is 10.3. The molecule has 0 fully saturated rings. The lowest BCUT2D eigenvalue weighted by atomic mass is 10.1. The van der Waals surface area contributed by atoms with E-state index in [9.17, 15) is 4.79 Å². The summed E-state index contributed by atoms with van der Waals surface area (Å²) in [4.78, 5) is 11.8. The number of halogens is 2. The van der Waals surface area contributed by atoms with Gasteiger partial charge in [-0.15, -0.1) is 11.6 Å². The fourth-order valence-electron chi connectivity index (χ4n) is 1.52. The SMILES string of the molecule is Cc1cccc(C(=O)NCCCCCCl)c1Cl. The Morgan fingerprint density at radius 3 is 2.76 bits per heavy atom. The highest BCUT2D eigenvalue weighted by Gasteiger charge is 2.10. The predicted octanol–water partition coefficient (Wildman–Crippen LogP) is 3.79. The Labute approximate surface area is 112 Å². The van der Waals surface area contributed by atoms with Gasteiger partial charge in [-0.1, -0.05) is 30.2 Å². The lowest BCUT2D eigenvalue weighted by Gasteiger charge is -2.07. The Balaban J connectivity index is 2.44. The number of unbranched alkanes of at least 4 members (excludes halogenated alkanes) is 2. The van der Waals surface area contributed by atoms with Gasteiger partial charge in [0.15, 0.2) is 0 Å². The summed E-state index contributed by atoms with van der Waals surface area (Å²) >= 11 is 11.6. The molecule has 2 nitrogen and oxygen atoms in total. The van der Waals surface area contributed by atoms with Gasteiger partial charge < -0.3 is 5.32 Å². The minimum Gasteiger partial charge on any atom is -0.352 e. The molecule has 0 radical (unpaired) electrons. The van der Waals surface area contributed by atoms with Crippen molar-refractivity contribution >= 4 is 29.1 Å². The first-order chi connectivity index (χ1) is 8.16. The van der Waals surface area contributed by atoms with Crippen LogP contribution in [0.5, 0.6) is 0 Å². The van der Waals surface area contributed by atoms with Gasteiger partial charge in [0, 0.05) is 12.4 Å². The maximum Gasteiger partial charge on any atom is 0.252 e. The third kappa shape index (κ3) is 4.57. The fraction of sp³-hybridized carbons (Fsp3) is 0.462. The molecule has 0 spiro atoms. The number of amides is 1. The number of carbonyl (C=O) groups is 1. The summed E-state index contributed by atoms with van der Waals surface area (Å²) in [5, 5.41) is 3.39. The maximum absolute atomic E-state index is 11.8. The molecule has 1 aromatic rings. The zero-order chi connectivity index (χ0) is 12.7. The van der Waals surface area contributed by atoms with Gasteiger partial charge in [-0.3, -0.25) is 4.79 Å². The predicted molar refractivity (Wildman–Crippen MR) is 73.1 cm³/mol. The van der Waals surface area contributed by atoms with E-state index in [1.807, 2.05) is 19.1 Å². The van der Waals surface area contributed by atoms with Crippen molar-refractivity contribution in [3.8, 4) is 0 Å². The second-order valence-corrected chi connectivity index (χ2v) is 4.70. The molecule has 1 rings (SSSR count). The molecule has 1 amide bonds. The second-order valence-electron chi connectivity index (χ2n) is 3.94. The van der Waals surface area contributed by atoms with Gasteiger partial charge >= 0.3 is 0 Å². The van der Waals surface area contributed by atoms with E-state index in [0.29, 0.717) is 23.0 Å². The Bertz CT molecular complexity index is 380. The highest BCUT2D eigenvalue weighted by Crippen LogP contribution is 2.19. The highest BCUT2D eigenvalue weighted by atomic mass is 35.5. The van der Waals surface area contributed by atoms with E-state index >= 15 is 0 Å².